The zero-order chi connectivity index (χ0) is 17.8. The molecule has 1 fully saturated rings. The molecule has 0 spiro atoms. The van der Waals surface area contributed by atoms with Crippen LogP contribution in [0.3, 0.4) is 0 Å². The van der Waals surface area contributed by atoms with Crippen molar-refractivity contribution in [3.05, 3.63) is 66.2 Å². The van der Waals surface area contributed by atoms with E-state index < -0.39 is 0 Å². The van der Waals surface area contributed by atoms with Gasteiger partial charge >= 0.3 is 0 Å². The highest BCUT2D eigenvalue weighted by Gasteiger charge is 2.16. The molecule has 1 unspecified atom stereocenters. The van der Waals surface area contributed by atoms with Gasteiger partial charge in [0.25, 0.3) is 5.91 Å². The van der Waals surface area contributed by atoms with Crippen molar-refractivity contribution in [3.8, 4) is 5.75 Å². The third kappa shape index (κ3) is 3.83. The molecule has 0 saturated carbocycles. The highest BCUT2D eigenvalue weighted by atomic mass is 16.5. The Bertz CT molecular complexity index is 903. The summed E-state index contributed by atoms with van der Waals surface area (Å²) in [6.45, 7) is 1.36. The highest BCUT2D eigenvalue weighted by Crippen LogP contribution is 2.18. The number of hydrogen-bond donors (Lipinski definition) is 1. The van der Waals surface area contributed by atoms with Crippen LogP contribution >= 0.6 is 0 Å². The maximum absolute atomic E-state index is 12.4. The minimum absolute atomic E-state index is 0.178. The molecule has 1 atom stereocenters. The third-order valence-electron chi connectivity index (χ3n) is 4.42. The summed E-state index contributed by atoms with van der Waals surface area (Å²) in [6.07, 6.45) is 2.31. The molecule has 1 saturated heterocycles. The number of aromatic nitrogens is 1. The Morgan fingerprint density at radius 1 is 1.12 bits per heavy atom. The second-order valence-electron chi connectivity index (χ2n) is 6.31. The fraction of sp³-hybridized carbons (Fsp3) is 0.238. The first-order valence-corrected chi connectivity index (χ1v) is 8.79. The van der Waals surface area contributed by atoms with Crippen molar-refractivity contribution in [2.45, 2.75) is 18.9 Å². The van der Waals surface area contributed by atoms with Gasteiger partial charge in [-0.05, 0) is 55.3 Å². The van der Waals surface area contributed by atoms with Crippen LogP contribution in [0.25, 0.3) is 10.9 Å². The average molecular weight is 348 g/mol. The Morgan fingerprint density at radius 3 is 2.77 bits per heavy atom. The zero-order valence-corrected chi connectivity index (χ0v) is 14.4. The number of amides is 1. The van der Waals surface area contributed by atoms with Gasteiger partial charge in [-0.1, -0.05) is 18.2 Å². The molecule has 0 aliphatic carbocycles. The summed E-state index contributed by atoms with van der Waals surface area (Å²) in [7, 11) is 0. The SMILES string of the molecule is O=C(Nc1ccc2ccccc2n1)c1ccc(OCC2CCCO2)cc1. The van der Waals surface area contributed by atoms with Crippen molar-refractivity contribution in [2.24, 2.45) is 0 Å². The smallest absolute Gasteiger partial charge is 0.256 e. The minimum Gasteiger partial charge on any atom is -0.491 e. The van der Waals surface area contributed by atoms with Crippen LogP contribution in [0.5, 0.6) is 5.75 Å². The number of carbonyl (C=O) groups is 1. The molecule has 1 aromatic heterocycles. The summed E-state index contributed by atoms with van der Waals surface area (Å²) in [5.41, 5.74) is 1.41. The predicted octanol–water partition coefficient (Wildman–Crippen LogP) is 4.04. The monoisotopic (exact) mass is 348 g/mol. The zero-order valence-electron chi connectivity index (χ0n) is 14.4. The molecule has 26 heavy (non-hydrogen) atoms. The molecule has 5 nitrogen and oxygen atoms in total. The Kier molecular flexibility index (Phi) is 4.80. The Labute approximate surface area is 152 Å². The number of ether oxygens (including phenoxy) is 2. The van der Waals surface area contributed by atoms with E-state index in [1.807, 2.05) is 30.3 Å². The first kappa shape index (κ1) is 16.5. The first-order chi connectivity index (χ1) is 12.8. The van der Waals surface area contributed by atoms with Crippen LogP contribution in [0.4, 0.5) is 5.82 Å². The Hall–Kier alpha value is -2.92. The van der Waals surface area contributed by atoms with E-state index in [-0.39, 0.29) is 12.0 Å². The molecule has 1 aliphatic rings. The van der Waals surface area contributed by atoms with Crippen LogP contribution in [-0.4, -0.2) is 30.2 Å². The Morgan fingerprint density at radius 2 is 1.96 bits per heavy atom. The lowest BCUT2D eigenvalue weighted by molar-refractivity contribution is 0.0679. The summed E-state index contributed by atoms with van der Waals surface area (Å²) in [5, 5.41) is 3.88. The second-order valence-corrected chi connectivity index (χ2v) is 6.31. The summed E-state index contributed by atoms with van der Waals surface area (Å²) in [6, 6.07) is 18.7. The number of benzene rings is 2. The number of nitrogens with zero attached hydrogens (tertiary/aromatic N) is 1. The van der Waals surface area contributed by atoms with E-state index in [0.29, 0.717) is 18.0 Å². The number of carbonyl (C=O) groups excluding carboxylic acids is 1. The van der Waals surface area contributed by atoms with E-state index in [0.717, 1.165) is 36.1 Å². The van der Waals surface area contributed by atoms with Gasteiger partial charge in [0.1, 0.15) is 18.2 Å². The van der Waals surface area contributed by atoms with Crippen molar-refractivity contribution in [3.63, 3.8) is 0 Å². The van der Waals surface area contributed by atoms with Gasteiger partial charge in [0.15, 0.2) is 0 Å². The standard InChI is InChI=1S/C21H20N2O3/c24-21(23-20-12-9-15-4-1-2-6-19(15)22-20)16-7-10-17(11-8-16)26-14-18-5-3-13-25-18/h1-2,4,6-12,18H,3,5,13-14H2,(H,22,23,24). The van der Waals surface area contributed by atoms with Gasteiger partial charge in [-0.25, -0.2) is 4.98 Å². The van der Waals surface area contributed by atoms with Crippen LogP contribution in [0, 0.1) is 0 Å². The van der Waals surface area contributed by atoms with E-state index in [9.17, 15) is 4.79 Å². The minimum atomic E-state index is -0.196. The molecule has 5 heteroatoms. The van der Waals surface area contributed by atoms with E-state index in [1.165, 1.54) is 0 Å². The molecule has 1 N–H and O–H groups in total. The van der Waals surface area contributed by atoms with Gasteiger partial charge in [-0.2, -0.15) is 0 Å². The van der Waals surface area contributed by atoms with Gasteiger partial charge in [0.2, 0.25) is 0 Å². The Balaban J connectivity index is 1.38. The molecule has 0 bridgehead atoms. The van der Waals surface area contributed by atoms with Gasteiger partial charge in [0, 0.05) is 17.6 Å². The predicted molar refractivity (Wildman–Crippen MR) is 101 cm³/mol. The summed E-state index contributed by atoms with van der Waals surface area (Å²) in [5.74, 6) is 1.08. The molecular formula is C21H20N2O3. The molecule has 4 rings (SSSR count). The lowest BCUT2D eigenvalue weighted by atomic mass is 10.2. The first-order valence-electron chi connectivity index (χ1n) is 8.79. The molecular weight excluding hydrogens is 328 g/mol. The maximum atomic E-state index is 12.4. The summed E-state index contributed by atoms with van der Waals surface area (Å²) < 4.78 is 11.3. The van der Waals surface area contributed by atoms with Crippen LogP contribution in [0.15, 0.2) is 60.7 Å². The van der Waals surface area contributed by atoms with Crippen molar-refractivity contribution in [2.75, 3.05) is 18.5 Å². The number of anilines is 1. The van der Waals surface area contributed by atoms with Gasteiger partial charge in [-0.3, -0.25) is 4.79 Å². The van der Waals surface area contributed by atoms with Crippen LogP contribution in [-0.2, 0) is 4.74 Å². The fourth-order valence-corrected chi connectivity index (χ4v) is 2.99. The van der Waals surface area contributed by atoms with E-state index in [2.05, 4.69) is 10.3 Å². The van der Waals surface area contributed by atoms with Gasteiger partial charge in [-0.15, -0.1) is 0 Å². The molecule has 2 aromatic carbocycles. The highest BCUT2D eigenvalue weighted by molar-refractivity contribution is 6.04. The molecule has 2 heterocycles. The number of pyridine rings is 1. The van der Waals surface area contributed by atoms with E-state index in [4.69, 9.17) is 9.47 Å². The number of fused-ring (bicyclic) bond motifs is 1. The van der Waals surface area contributed by atoms with E-state index in [1.54, 1.807) is 30.3 Å². The molecule has 132 valence electrons. The largest absolute Gasteiger partial charge is 0.491 e. The molecule has 1 aliphatic heterocycles. The van der Waals surface area contributed by atoms with Crippen LogP contribution in [0.1, 0.15) is 23.2 Å². The van der Waals surface area contributed by atoms with Crippen molar-refractivity contribution < 1.29 is 14.3 Å². The number of para-hydroxylation sites is 1. The number of hydrogen-bond acceptors (Lipinski definition) is 4. The van der Waals surface area contributed by atoms with E-state index >= 15 is 0 Å². The fourth-order valence-electron chi connectivity index (χ4n) is 2.99. The normalized spacial score (nSPS) is 16.5. The third-order valence-corrected chi connectivity index (χ3v) is 4.42. The summed E-state index contributed by atoms with van der Waals surface area (Å²) >= 11 is 0. The lowest BCUT2D eigenvalue weighted by Crippen LogP contribution is -2.16. The average Bonchev–Trinajstić information content (AvgIpc) is 3.20. The van der Waals surface area contributed by atoms with Crippen molar-refractivity contribution in [1.29, 1.82) is 0 Å². The quantitative estimate of drug-likeness (QED) is 0.756. The van der Waals surface area contributed by atoms with Crippen LogP contribution < -0.4 is 10.1 Å². The van der Waals surface area contributed by atoms with Crippen molar-refractivity contribution >= 4 is 22.6 Å². The van der Waals surface area contributed by atoms with Gasteiger partial charge in [0.05, 0.1) is 11.6 Å². The molecule has 3 aromatic rings. The van der Waals surface area contributed by atoms with Crippen molar-refractivity contribution in [1.82, 2.24) is 4.98 Å². The maximum Gasteiger partial charge on any atom is 0.256 e. The van der Waals surface area contributed by atoms with Gasteiger partial charge < -0.3 is 14.8 Å². The topological polar surface area (TPSA) is 60.5 Å². The van der Waals surface area contributed by atoms with Crippen LogP contribution in [0.2, 0.25) is 0 Å². The number of rotatable bonds is 5. The molecule has 1 amide bonds. The second kappa shape index (κ2) is 7.54. The summed E-state index contributed by atoms with van der Waals surface area (Å²) in [4.78, 5) is 16.9. The molecule has 0 radical (unpaired) electrons. The lowest BCUT2D eigenvalue weighted by Gasteiger charge is -2.11. The number of nitrogens with one attached hydrogen (secondary N) is 1.